The first-order chi connectivity index (χ1) is 8.61. The molecular formula is C13H17NO4. The predicted octanol–water partition coefficient (Wildman–Crippen LogP) is 1.22. The average molecular weight is 251 g/mol. The number of hydrogen-bond donors (Lipinski definition) is 1. The summed E-state index contributed by atoms with van der Waals surface area (Å²) >= 11 is 0. The predicted molar refractivity (Wildman–Crippen MR) is 66.0 cm³/mol. The Balaban J connectivity index is 2.23. The van der Waals surface area contributed by atoms with Crippen LogP contribution in [0.3, 0.4) is 0 Å². The molecule has 5 heteroatoms. The Morgan fingerprint density at radius 1 is 1.61 bits per heavy atom. The van der Waals surface area contributed by atoms with Crippen molar-refractivity contribution in [3.63, 3.8) is 0 Å². The van der Waals surface area contributed by atoms with Gasteiger partial charge in [0.1, 0.15) is 12.4 Å². The van der Waals surface area contributed by atoms with Crippen molar-refractivity contribution in [1.29, 1.82) is 0 Å². The largest absolute Gasteiger partial charge is 0.492 e. The van der Waals surface area contributed by atoms with Gasteiger partial charge in [-0.2, -0.15) is 0 Å². The summed E-state index contributed by atoms with van der Waals surface area (Å²) in [6.07, 6.45) is 0. The molecule has 0 spiro atoms. The van der Waals surface area contributed by atoms with Gasteiger partial charge in [0.15, 0.2) is 0 Å². The van der Waals surface area contributed by atoms with Crippen LogP contribution in [0.15, 0.2) is 18.2 Å². The molecular weight excluding hydrogens is 234 g/mol. The van der Waals surface area contributed by atoms with E-state index in [9.17, 15) is 4.79 Å². The van der Waals surface area contributed by atoms with E-state index in [1.54, 1.807) is 19.2 Å². The fraction of sp³-hybridized carbons (Fsp3) is 0.462. The molecule has 1 aliphatic heterocycles. The lowest BCUT2D eigenvalue weighted by Gasteiger charge is -2.23. The van der Waals surface area contributed by atoms with Gasteiger partial charge in [-0.3, -0.25) is 4.90 Å². The highest BCUT2D eigenvalue weighted by atomic mass is 16.5. The third-order valence-electron chi connectivity index (χ3n) is 3.15. The van der Waals surface area contributed by atoms with Gasteiger partial charge in [-0.05, 0) is 19.2 Å². The Morgan fingerprint density at radius 2 is 2.39 bits per heavy atom. The Hall–Kier alpha value is -1.59. The molecule has 1 aromatic rings. The summed E-state index contributed by atoms with van der Waals surface area (Å²) in [6, 6.07) is 5.18. The van der Waals surface area contributed by atoms with Crippen LogP contribution in [0.25, 0.3) is 0 Å². The number of carbonyl (C=O) groups is 1. The van der Waals surface area contributed by atoms with Crippen molar-refractivity contribution in [3.8, 4) is 5.75 Å². The number of carboxylic acid groups (broad SMARTS) is 1. The van der Waals surface area contributed by atoms with Crippen molar-refractivity contribution in [1.82, 2.24) is 4.90 Å². The minimum absolute atomic E-state index is 0.177. The number of likely N-dealkylation sites (N-methyl/N-ethyl adjacent to an activating group) is 1. The molecule has 0 bridgehead atoms. The van der Waals surface area contributed by atoms with Gasteiger partial charge >= 0.3 is 5.97 Å². The number of rotatable bonds is 3. The topological polar surface area (TPSA) is 59.0 Å². The van der Waals surface area contributed by atoms with E-state index < -0.39 is 5.97 Å². The summed E-state index contributed by atoms with van der Waals surface area (Å²) in [5.74, 6) is -0.284. The highest BCUT2D eigenvalue weighted by molar-refractivity contribution is 5.88. The summed E-state index contributed by atoms with van der Waals surface area (Å²) in [6.45, 7) is 1.82. The first-order valence-electron chi connectivity index (χ1n) is 5.80. The van der Waals surface area contributed by atoms with Gasteiger partial charge in [0, 0.05) is 19.2 Å². The molecule has 5 nitrogen and oxygen atoms in total. The van der Waals surface area contributed by atoms with Gasteiger partial charge in [-0.25, -0.2) is 4.79 Å². The average Bonchev–Trinajstić information content (AvgIpc) is 2.49. The normalized spacial score (nSPS) is 19.8. The zero-order valence-electron chi connectivity index (χ0n) is 10.5. The zero-order valence-corrected chi connectivity index (χ0v) is 10.5. The van der Waals surface area contributed by atoms with Crippen LogP contribution in [0, 0.1) is 0 Å². The van der Waals surface area contributed by atoms with Crippen LogP contribution in [0.1, 0.15) is 15.9 Å². The van der Waals surface area contributed by atoms with E-state index in [0.717, 1.165) is 12.1 Å². The van der Waals surface area contributed by atoms with Crippen molar-refractivity contribution in [3.05, 3.63) is 29.3 Å². The van der Waals surface area contributed by atoms with Crippen LogP contribution in [-0.2, 0) is 11.3 Å². The fourth-order valence-corrected chi connectivity index (χ4v) is 2.03. The highest BCUT2D eigenvalue weighted by Gasteiger charge is 2.22. The van der Waals surface area contributed by atoms with E-state index in [1.165, 1.54) is 0 Å². The molecule has 1 atom stereocenters. The maximum absolute atomic E-state index is 10.9. The second kappa shape index (κ2) is 5.37. The third kappa shape index (κ3) is 2.63. The SMILES string of the molecule is COCC1COc2cc(C(=O)O)ccc2CN1C. The molecule has 1 unspecified atom stereocenters. The first-order valence-corrected chi connectivity index (χ1v) is 5.80. The Labute approximate surface area is 106 Å². The van der Waals surface area contributed by atoms with Gasteiger partial charge in [0.05, 0.1) is 18.2 Å². The van der Waals surface area contributed by atoms with E-state index in [2.05, 4.69) is 4.90 Å². The van der Waals surface area contributed by atoms with Crippen LogP contribution in [-0.4, -0.2) is 49.4 Å². The number of nitrogens with zero attached hydrogens (tertiary/aromatic N) is 1. The van der Waals surface area contributed by atoms with E-state index in [1.807, 2.05) is 13.1 Å². The second-order valence-electron chi connectivity index (χ2n) is 4.46. The number of methoxy groups -OCH3 is 1. The fourth-order valence-electron chi connectivity index (χ4n) is 2.03. The van der Waals surface area contributed by atoms with Gasteiger partial charge < -0.3 is 14.6 Å². The molecule has 0 saturated heterocycles. The summed E-state index contributed by atoms with van der Waals surface area (Å²) in [7, 11) is 3.67. The molecule has 18 heavy (non-hydrogen) atoms. The van der Waals surface area contributed by atoms with Crippen LogP contribution >= 0.6 is 0 Å². The maximum atomic E-state index is 10.9. The van der Waals surface area contributed by atoms with Gasteiger partial charge in [-0.1, -0.05) is 6.07 Å². The van der Waals surface area contributed by atoms with Crippen molar-refractivity contribution >= 4 is 5.97 Å². The number of fused-ring (bicyclic) bond motifs is 1. The Morgan fingerprint density at radius 3 is 3.06 bits per heavy atom. The van der Waals surface area contributed by atoms with Crippen molar-refractivity contribution in [2.45, 2.75) is 12.6 Å². The van der Waals surface area contributed by atoms with Gasteiger partial charge in [0.25, 0.3) is 0 Å². The number of carboxylic acids is 1. The van der Waals surface area contributed by atoms with Crippen molar-refractivity contribution in [2.75, 3.05) is 27.4 Å². The van der Waals surface area contributed by atoms with Gasteiger partial charge in [0.2, 0.25) is 0 Å². The van der Waals surface area contributed by atoms with E-state index >= 15 is 0 Å². The van der Waals surface area contributed by atoms with Crippen LogP contribution in [0.5, 0.6) is 5.75 Å². The van der Waals surface area contributed by atoms with Crippen molar-refractivity contribution < 1.29 is 19.4 Å². The Kier molecular flexibility index (Phi) is 3.84. The van der Waals surface area contributed by atoms with Crippen LogP contribution in [0.2, 0.25) is 0 Å². The lowest BCUT2D eigenvalue weighted by Crippen LogP contribution is -2.37. The van der Waals surface area contributed by atoms with Crippen molar-refractivity contribution in [2.24, 2.45) is 0 Å². The van der Waals surface area contributed by atoms with E-state index in [-0.39, 0.29) is 11.6 Å². The zero-order chi connectivity index (χ0) is 13.1. The van der Waals surface area contributed by atoms with E-state index in [0.29, 0.717) is 19.0 Å². The second-order valence-corrected chi connectivity index (χ2v) is 4.46. The molecule has 0 fully saturated rings. The minimum atomic E-state index is -0.938. The molecule has 2 rings (SSSR count). The van der Waals surface area contributed by atoms with Crippen LogP contribution < -0.4 is 4.74 Å². The smallest absolute Gasteiger partial charge is 0.335 e. The molecule has 0 amide bonds. The molecule has 0 aromatic heterocycles. The molecule has 98 valence electrons. The lowest BCUT2D eigenvalue weighted by molar-refractivity contribution is 0.0695. The quantitative estimate of drug-likeness (QED) is 0.875. The molecule has 1 aromatic carbocycles. The molecule has 0 aliphatic carbocycles. The monoisotopic (exact) mass is 251 g/mol. The molecule has 0 saturated carbocycles. The summed E-state index contributed by atoms with van der Waals surface area (Å²) in [5, 5.41) is 8.96. The number of ether oxygens (including phenoxy) is 2. The molecule has 1 heterocycles. The number of hydrogen-bond acceptors (Lipinski definition) is 4. The Bertz CT molecular complexity index is 447. The lowest BCUT2D eigenvalue weighted by atomic mass is 10.1. The summed E-state index contributed by atoms with van der Waals surface area (Å²) < 4.78 is 10.8. The maximum Gasteiger partial charge on any atom is 0.335 e. The minimum Gasteiger partial charge on any atom is -0.492 e. The molecule has 0 radical (unpaired) electrons. The molecule has 1 aliphatic rings. The summed E-state index contributed by atoms with van der Waals surface area (Å²) in [4.78, 5) is 13.1. The molecule has 1 N–H and O–H groups in total. The highest BCUT2D eigenvalue weighted by Crippen LogP contribution is 2.25. The van der Waals surface area contributed by atoms with Crippen LogP contribution in [0.4, 0.5) is 0 Å². The first kappa shape index (κ1) is 12.9. The number of aromatic carboxylic acids is 1. The number of benzene rings is 1. The summed E-state index contributed by atoms with van der Waals surface area (Å²) in [5.41, 5.74) is 1.25. The standard InChI is InChI=1S/C13H17NO4/c1-14-6-10-4-3-9(13(15)16)5-12(10)18-8-11(14)7-17-2/h3-5,11H,6-8H2,1-2H3,(H,15,16). The van der Waals surface area contributed by atoms with E-state index in [4.69, 9.17) is 14.6 Å². The third-order valence-corrected chi connectivity index (χ3v) is 3.15. The van der Waals surface area contributed by atoms with Gasteiger partial charge in [-0.15, -0.1) is 0 Å².